The van der Waals surface area contributed by atoms with E-state index in [1.54, 1.807) is 14.3 Å². The predicted molar refractivity (Wildman–Crippen MR) is 84.6 cm³/mol. The van der Waals surface area contributed by atoms with Crippen LogP contribution in [0.25, 0.3) is 5.57 Å². The van der Waals surface area contributed by atoms with Gasteiger partial charge in [-0.3, -0.25) is 0 Å². The molecule has 1 heteroatoms. The summed E-state index contributed by atoms with van der Waals surface area (Å²) in [6.45, 7) is 9.50. The molecule has 1 unspecified atom stereocenters. The molecular weight excluding hydrogens is 319 g/mol. The monoisotopic (exact) mass is 339 g/mol. The van der Waals surface area contributed by atoms with Crippen LogP contribution in [0, 0.1) is 0 Å². The summed E-state index contributed by atoms with van der Waals surface area (Å²) < 4.78 is 2.00. The number of fused-ring (bicyclic) bond motifs is 1. The third kappa shape index (κ3) is 2.11. The first-order valence-corrected chi connectivity index (χ1v) is 9.75. The molecule has 1 atom stereocenters. The fourth-order valence-corrected chi connectivity index (χ4v) is 7.59. The van der Waals surface area contributed by atoms with E-state index in [0.29, 0.717) is 3.12 Å². The first-order valence-electron chi connectivity index (χ1n) is 7.29. The summed E-state index contributed by atoms with van der Waals surface area (Å²) in [5.41, 5.74) is 7.72. The zero-order valence-electron chi connectivity index (χ0n) is 12.7. The first kappa shape index (κ1) is 14.1. The molecule has 0 N–H and O–H groups in total. The molecule has 2 aliphatic carbocycles. The summed E-state index contributed by atoms with van der Waals surface area (Å²) in [5, 5.41) is 0. The molecule has 20 heavy (non-hydrogen) atoms. The summed E-state index contributed by atoms with van der Waals surface area (Å²) in [6, 6.07) is 9.08. The molecule has 0 spiro atoms. The number of hydrogen-bond acceptors (Lipinski definition) is 0. The van der Waals surface area contributed by atoms with Crippen molar-refractivity contribution in [3.05, 3.63) is 64.8 Å². The molecule has 0 amide bonds. The quantitative estimate of drug-likeness (QED) is 0.720. The third-order valence-corrected chi connectivity index (χ3v) is 8.49. The van der Waals surface area contributed by atoms with Gasteiger partial charge in [0.2, 0.25) is 0 Å². The molecule has 0 radical (unpaired) electrons. The van der Waals surface area contributed by atoms with Crippen LogP contribution in [-0.2, 0) is 25.9 Å². The van der Waals surface area contributed by atoms with Gasteiger partial charge in [-0.25, -0.2) is 0 Å². The Morgan fingerprint density at radius 2 is 1.95 bits per heavy atom. The zero-order chi connectivity index (χ0) is 14.3. The number of allylic oxidation sites excluding steroid dienone is 6. The van der Waals surface area contributed by atoms with Gasteiger partial charge in [-0.05, 0) is 0 Å². The molecule has 1 aromatic carbocycles. The summed E-state index contributed by atoms with van der Waals surface area (Å²) in [7, 11) is 0. The molecule has 0 saturated carbocycles. The Bertz CT molecular complexity index is 681. The van der Waals surface area contributed by atoms with Crippen molar-refractivity contribution in [1.29, 1.82) is 0 Å². The van der Waals surface area contributed by atoms with Gasteiger partial charge in [-0.15, -0.1) is 0 Å². The van der Waals surface area contributed by atoms with Gasteiger partial charge in [-0.1, -0.05) is 0 Å². The van der Waals surface area contributed by atoms with E-state index in [4.69, 9.17) is 0 Å². The fourth-order valence-electron chi connectivity index (χ4n) is 3.50. The molecule has 0 heterocycles. The third-order valence-electron chi connectivity index (χ3n) is 4.45. The minimum absolute atomic E-state index is 0.331. The molecule has 0 bridgehead atoms. The fraction of sp³-hybridized carbons (Fsp3) is 0.316. The summed E-state index contributed by atoms with van der Waals surface area (Å²) >= 11 is -0.595. The Hall–Kier alpha value is -0.807. The van der Waals surface area contributed by atoms with Crippen LogP contribution in [0.2, 0.25) is 0 Å². The van der Waals surface area contributed by atoms with Crippen LogP contribution in [0.4, 0.5) is 0 Å². The van der Waals surface area contributed by atoms with Gasteiger partial charge in [0.15, 0.2) is 0 Å². The van der Waals surface area contributed by atoms with E-state index < -0.39 is 22.8 Å². The van der Waals surface area contributed by atoms with Crippen molar-refractivity contribution in [1.82, 2.24) is 0 Å². The second-order valence-electron chi connectivity index (χ2n) is 6.12. The van der Waals surface area contributed by atoms with Crippen molar-refractivity contribution >= 4 is 8.78 Å². The Labute approximate surface area is 133 Å². The van der Waals surface area contributed by atoms with E-state index in [1.165, 1.54) is 16.7 Å². The number of rotatable bonds is 2. The van der Waals surface area contributed by atoms with Gasteiger partial charge < -0.3 is 0 Å². The minimum atomic E-state index is -0.595. The standard InChI is InChI=1S/C16H15.C3H6.Zr/c1-11-12(2)16(13-7-3-4-8-13)15-10-6-5-9-14(11)15;1-3-2;/h3-7,9-10H,8H2,1-2H3;1-2H3;. The van der Waals surface area contributed by atoms with Crippen molar-refractivity contribution in [3.63, 3.8) is 0 Å². The van der Waals surface area contributed by atoms with Gasteiger partial charge in [0, 0.05) is 0 Å². The molecule has 3 rings (SSSR count). The van der Waals surface area contributed by atoms with Gasteiger partial charge in [0.25, 0.3) is 0 Å². The van der Waals surface area contributed by atoms with E-state index in [1.807, 2.05) is 0 Å². The molecule has 0 aromatic heterocycles. The van der Waals surface area contributed by atoms with Crippen molar-refractivity contribution in [2.75, 3.05) is 0 Å². The van der Waals surface area contributed by atoms with Gasteiger partial charge in [-0.2, -0.15) is 0 Å². The van der Waals surface area contributed by atoms with Gasteiger partial charge in [0.1, 0.15) is 0 Å². The molecular formula is C19H21Zr. The van der Waals surface area contributed by atoms with E-state index in [-0.39, 0.29) is 0 Å². The van der Waals surface area contributed by atoms with Crippen molar-refractivity contribution in [3.8, 4) is 0 Å². The van der Waals surface area contributed by atoms with Crippen LogP contribution in [-0.4, -0.2) is 3.21 Å². The van der Waals surface area contributed by atoms with Crippen LogP contribution in [0.15, 0.2) is 53.6 Å². The Kier molecular flexibility index (Phi) is 3.67. The Balaban J connectivity index is 2.26. The van der Waals surface area contributed by atoms with Crippen LogP contribution in [0.3, 0.4) is 0 Å². The van der Waals surface area contributed by atoms with Gasteiger partial charge >= 0.3 is 134 Å². The van der Waals surface area contributed by atoms with E-state index >= 15 is 0 Å². The average Bonchev–Trinajstić information content (AvgIpc) is 2.98. The second-order valence-corrected chi connectivity index (χ2v) is 11.7. The number of benzene rings is 1. The second kappa shape index (κ2) is 5.19. The van der Waals surface area contributed by atoms with Crippen molar-refractivity contribution < 1.29 is 22.8 Å². The van der Waals surface area contributed by atoms with E-state index in [2.05, 4.69) is 70.2 Å². The molecule has 101 valence electrons. The summed E-state index contributed by atoms with van der Waals surface area (Å²) in [5.74, 6) is 0. The summed E-state index contributed by atoms with van der Waals surface area (Å²) in [4.78, 5) is 0. The summed E-state index contributed by atoms with van der Waals surface area (Å²) in [6.07, 6.45) is 7.86. The van der Waals surface area contributed by atoms with Crippen LogP contribution < -0.4 is 0 Å². The van der Waals surface area contributed by atoms with Crippen LogP contribution in [0.1, 0.15) is 45.2 Å². The number of hydrogen-bond donors (Lipinski definition) is 0. The molecule has 0 aliphatic heterocycles. The Morgan fingerprint density at radius 3 is 2.60 bits per heavy atom. The van der Waals surface area contributed by atoms with Gasteiger partial charge in [0.05, 0.1) is 0 Å². The van der Waals surface area contributed by atoms with Crippen LogP contribution >= 0.6 is 0 Å². The SMILES string of the molecule is C[C](C)=[Zr][C]1(C)C(C)=C(C2=CC=CC2)c2ccccc21. The van der Waals surface area contributed by atoms with Crippen molar-refractivity contribution in [2.24, 2.45) is 0 Å². The van der Waals surface area contributed by atoms with E-state index in [9.17, 15) is 0 Å². The van der Waals surface area contributed by atoms with E-state index in [0.717, 1.165) is 6.42 Å². The molecule has 0 saturated heterocycles. The van der Waals surface area contributed by atoms with Crippen molar-refractivity contribution in [2.45, 2.75) is 37.2 Å². The maximum atomic E-state index is 2.48. The first-order chi connectivity index (χ1) is 9.54. The van der Waals surface area contributed by atoms with Crippen LogP contribution in [0.5, 0.6) is 0 Å². The molecule has 1 aromatic rings. The molecule has 0 fully saturated rings. The predicted octanol–water partition coefficient (Wildman–Crippen LogP) is 4.87. The molecule has 2 aliphatic rings. The molecule has 0 nitrogen and oxygen atoms in total. The zero-order valence-corrected chi connectivity index (χ0v) is 15.2. The Morgan fingerprint density at radius 1 is 1.20 bits per heavy atom. The topological polar surface area (TPSA) is 0 Å². The average molecular weight is 341 g/mol. The maximum absolute atomic E-state index is 2.48. The normalized spacial score (nSPS) is 23.7.